The van der Waals surface area contributed by atoms with E-state index >= 15 is 0 Å². The van der Waals surface area contributed by atoms with Gasteiger partial charge in [0.25, 0.3) is 0 Å². The van der Waals surface area contributed by atoms with Crippen molar-refractivity contribution in [2.75, 3.05) is 11.9 Å². The van der Waals surface area contributed by atoms with Crippen LogP contribution in [0.4, 0.5) is 10.5 Å². The Labute approximate surface area is 197 Å². The monoisotopic (exact) mass is 458 g/mol. The smallest absolute Gasteiger partial charge is 0.407 e. The number of aliphatic carboxylic acids is 1. The Bertz CT molecular complexity index is 1180. The molecule has 7 heteroatoms. The van der Waals surface area contributed by atoms with Crippen molar-refractivity contribution >= 4 is 23.7 Å². The van der Waals surface area contributed by atoms with Gasteiger partial charge in [-0.15, -0.1) is 0 Å². The number of carboxylic acids is 1. The molecule has 3 aromatic rings. The molecule has 2 amide bonds. The number of para-hydroxylation sites is 1. The van der Waals surface area contributed by atoms with E-state index < -0.39 is 24.0 Å². The van der Waals surface area contributed by atoms with Crippen LogP contribution in [0.5, 0.6) is 0 Å². The number of nitrogens with one attached hydrogen (secondary N) is 2. The number of hydrogen-bond donors (Lipinski definition) is 3. The van der Waals surface area contributed by atoms with E-state index in [0.29, 0.717) is 17.7 Å². The Morgan fingerprint density at radius 3 is 2.12 bits per heavy atom. The SMILES string of the molecule is CC[C@H](NC(=O)OCC1c2ccccc2-c2ccccc21)C(=O)Nc1ccccc1CC(=O)O. The first-order valence-corrected chi connectivity index (χ1v) is 11.2. The van der Waals surface area contributed by atoms with Crippen LogP contribution >= 0.6 is 0 Å². The second kappa shape index (κ2) is 10.2. The summed E-state index contributed by atoms with van der Waals surface area (Å²) >= 11 is 0. The molecule has 174 valence electrons. The number of rotatable bonds is 8. The van der Waals surface area contributed by atoms with Gasteiger partial charge in [0.15, 0.2) is 0 Å². The van der Waals surface area contributed by atoms with Crippen molar-refractivity contribution in [2.24, 2.45) is 0 Å². The van der Waals surface area contributed by atoms with Crippen molar-refractivity contribution in [1.82, 2.24) is 5.32 Å². The van der Waals surface area contributed by atoms with Crippen LogP contribution in [0, 0.1) is 0 Å². The van der Waals surface area contributed by atoms with Gasteiger partial charge in [-0.05, 0) is 40.3 Å². The first-order chi connectivity index (χ1) is 16.5. The standard InChI is InChI=1S/C27H26N2O5/c1-2-23(26(32)28-24-14-8-3-9-17(24)15-25(30)31)29-27(33)34-16-22-20-12-6-4-10-18(20)19-11-5-7-13-21(19)22/h3-14,22-23H,2,15-16H2,1H3,(H,28,32)(H,29,33)(H,30,31)/t23-/m0/s1. The zero-order valence-corrected chi connectivity index (χ0v) is 18.8. The van der Waals surface area contributed by atoms with Gasteiger partial charge >= 0.3 is 12.1 Å². The van der Waals surface area contributed by atoms with Gasteiger partial charge in [0.2, 0.25) is 5.91 Å². The van der Waals surface area contributed by atoms with E-state index in [1.165, 1.54) is 0 Å². The van der Waals surface area contributed by atoms with E-state index in [-0.39, 0.29) is 18.9 Å². The van der Waals surface area contributed by atoms with Crippen LogP contribution in [0.2, 0.25) is 0 Å². The molecule has 4 rings (SSSR count). The van der Waals surface area contributed by atoms with Crippen molar-refractivity contribution in [3.05, 3.63) is 89.5 Å². The molecule has 34 heavy (non-hydrogen) atoms. The lowest BCUT2D eigenvalue weighted by Gasteiger charge is -2.19. The van der Waals surface area contributed by atoms with Crippen LogP contribution in [0.3, 0.4) is 0 Å². The average molecular weight is 459 g/mol. The lowest BCUT2D eigenvalue weighted by Crippen LogP contribution is -2.44. The second-order valence-electron chi connectivity index (χ2n) is 8.15. The van der Waals surface area contributed by atoms with Crippen LogP contribution in [-0.2, 0) is 20.7 Å². The molecule has 0 fully saturated rings. The van der Waals surface area contributed by atoms with Crippen LogP contribution in [0.15, 0.2) is 72.8 Å². The quantitative estimate of drug-likeness (QED) is 0.459. The molecule has 0 spiro atoms. The van der Waals surface area contributed by atoms with Gasteiger partial charge in [-0.3, -0.25) is 9.59 Å². The van der Waals surface area contributed by atoms with Gasteiger partial charge in [0, 0.05) is 11.6 Å². The molecule has 0 heterocycles. The third-order valence-electron chi connectivity index (χ3n) is 5.98. The fraction of sp³-hybridized carbons (Fsp3) is 0.222. The van der Waals surface area contributed by atoms with E-state index in [1.807, 2.05) is 36.4 Å². The molecule has 1 atom stereocenters. The minimum atomic E-state index is -0.995. The van der Waals surface area contributed by atoms with Crippen molar-refractivity contribution < 1.29 is 24.2 Å². The number of anilines is 1. The van der Waals surface area contributed by atoms with Crippen LogP contribution in [0.1, 0.15) is 36.0 Å². The van der Waals surface area contributed by atoms with E-state index in [0.717, 1.165) is 22.3 Å². The van der Waals surface area contributed by atoms with Crippen molar-refractivity contribution in [2.45, 2.75) is 31.7 Å². The molecule has 0 unspecified atom stereocenters. The minimum absolute atomic E-state index is 0.0741. The normalized spacial score (nSPS) is 12.9. The maximum atomic E-state index is 12.8. The maximum absolute atomic E-state index is 12.8. The van der Waals surface area contributed by atoms with Gasteiger partial charge in [0.1, 0.15) is 12.6 Å². The highest BCUT2D eigenvalue weighted by Gasteiger charge is 2.29. The van der Waals surface area contributed by atoms with Gasteiger partial charge in [-0.25, -0.2) is 4.79 Å². The van der Waals surface area contributed by atoms with Crippen molar-refractivity contribution in [3.63, 3.8) is 0 Å². The molecule has 0 saturated heterocycles. The number of hydrogen-bond acceptors (Lipinski definition) is 4. The molecular formula is C27H26N2O5. The predicted molar refractivity (Wildman–Crippen MR) is 129 cm³/mol. The summed E-state index contributed by atoms with van der Waals surface area (Å²) in [5.41, 5.74) is 5.38. The molecule has 1 aliphatic carbocycles. The van der Waals surface area contributed by atoms with E-state index in [9.17, 15) is 14.4 Å². The lowest BCUT2D eigenvalue weighted by molar-refractivity contribution is -0.136. The fourth-order valence-corrected chi connectivity index (χ4v) is 4.31. The van der Waals surface area contributed by atoms with Gasteiger partial charge < -0.3 is 20.5 Å². The number of amides is 2. The lowest BCUT2D eigenvalue weighted by atomic mass is 9.98. The van der Waals surface area contributed by atoms with Gasteiger partial charge in [-0.2, -0.15) is 0 Å². The highest BCUT2D eigenvalue weighted by molar-refractivity contribution is 5.97. The third-order valence-corrected chi connectivity index (χ3v) is 5.98. The summed E-state index contributed by atoms with van der Waals surface area (Å²) in [6.07, 6.45) is -0.549. The summed E-state index contributed by atoms with van der Waals surface area (Å²) in [5, 5.41) is 14.4. The molecule has 1 aliphatic rings. The first-order valence-electron chi connectivity index (χ1n) is 11.2. The molecule has 7 nitrogen and oxygen atoms in total. The highest BCUT2D eigenvalue weighted by Crippen LogP contribution is 2.44. The van der Waals surface area contributed by atoms with Crippen LogP contribution < -0.4 is 10.6 Å². The number of benzene rings is 3. The zero-order chi connectivity index (χ0) is 24.1. The average Bonchev–Trinajstić information content (AvgIpc) is 3.16. The maximum Gasteiger partial charge on any atom is 0.407 e. The second-order valence-corrected chi connectivity index (χ2v) is 8.15. The number of fused-ring (bicyclic) bond motifs is 3. The Hall–Kier alpha value is -4.13. The molecule has 0 bridgehead atoms. The molecule has 3 aromatic carbocycles. The minimum Gasteiger partial charge on any atom is -0.481 e. The number of ether oxygens (including phenoxy) is 1. The fourth-order valence-electron chi connectivity index (χ4n) is 4.31. The number of carbonyl (C=O) groups is 3. The summed E-state index contributed by atoms with van der Waals surface area (Å²) in [6, 6.07) is 22.0. The summed E-state index contributed by atoms with van der Waals surface area (Å²) in [5.74, 6) is -1.51. The Balaban J connectivity index is 1.39. The van der Waals surface area contributed by atoms with E-state index in [4.69, 9.17) is 9.84 Å². The molecule has 3 N–H and O–H groups in total. The molecular weight excluding hydrogens is 432 g/mol. The van der Waals surface area contributed by atoms with Crippen LogP contribution in [0.25, 0.3) is 11.1 Å². The van der Waals surface area contributed by atoms with Gasteiger partial charge in [-0.1, -0.05) is 73.7 Å². The van der Waals surface area contributed by atoms with Gasteiger partial charge in [0.05, 0.1) is 6.42 Å². The molecule has 0 aliphatic heterocycles. The van der Waals surface area contributed by atoms with Crippen molar-refractivity contribution in [1.29, 1.82) is 0 Å². The highest BCUT2D eigenvalue weighted by atomic mass is 16.5. The van der Waals surface area contributed by atoms with Crippen LogP contribution in [-0.4, -0.2) is 35.7 Å². The molecule has 0 saturated carbocycles. The summed E-state index contributed by atoms with van der Waals surface area (Å²) in [4.78, 5) is 36.4. The zero-order valence-electron chi connectivity index (χ0n) is 18.8. The van der Waals surface area contributed by atoms with E-state index in [2.05, 4.69) is 22.8 Å². The third kappa shape index (κ3) is 4.93. The Morgan fingerprint density at radius 2 is 1.50 bits per heavy atom. The van der Waals surface area contributed by atoms with E-state index in [1.54, 1.807) is 31.2 Å². The Kier molecular flexibility index (Phi) is 6.92. The summed E-state index contributed by atoms with van der Waals surface area (Å²) in [7, 11) is 0. The molecule has 0 radical (unpaired) electrons. The first kappa shape index (κ1) is 23.0. The largest absolute Gasteiger partial charge is 0.481 e. The number of alkyl carbamates (subject to hydrolysis) is 1. The molecule has 0 aromatic heterocycles. The summed E-state index contributed by atoms with van der Waals surface area (Å²) < 4.78 is 5.54. The summed E-state index contributed by atoms with van der Waals surface area (Å²) in [6.45, 7) is 1.93. The number of carbonyl (C=O) groups excluding carboxylic acids is 2. The topological polar surface area (TPSA) is 105 Å². The number of carboxylic acid groups (broad SMARTS) is 1. The predicted octanol–water partition coefficient (Wildman–Crippen LogP) is 4.57. The Morgan fingerprint density at radius 1 is 0.912 bits per heavy atom. The van der Waals surface area contributed by atoms with Crippen molar-refractivity contribution in [3.8, 4) is 11.1 Å².